The van der Waals surface area contributed by atoms with Gasteiger partial charge < -0.3 is 10.6 Å². The Kier molecular flexibility index (Phi) is 6.55. The van der Waals surface area contributed by atoms with Gasteiger partial charge in [0.1, 0.15) is 0 Å². The van der Waals surface area contributed by atoms with Crippen LogP contribution in [0, 0.1) is 5.92 Å². The SMILES string of the molecule is CC(C)C(C(=O)NCC(=O)Nc1ccccc1)c1ccc(Br)cc1. The summed E-state index contributed by atoms with van der Waals surface area (Å²) in [7, 11) is 0. The summed E-state index contributed by atoms with van der Waals surface area (Å²) >= 11 is 3.40. The largest absolute Gasteiger partial charge is 0.346 e. The average molecular weight is 389 g/mol. The standard InChI is InChI=1S/C19H21BrN2O2/c1-13(2)18(14-8-10-15(20)11-9-14)19(24)21-12-17(23)22-16-6-4-3-5-7-16/h3-11,13,18H,12H2,1-2H3,(H,21,24)(H,22,23). The van der Waals surface area contributed by atoms with Crippen molar-refractivity contribution in [1.29, 1.82) is 0 Å². The lowest BCUT2D eigenvalue weighted by molar-refractivity contribution is -0.126. The van der Waals surface area contributed by atoms with Crippen LogP contribution in [0.3, 0.4) is 0 Å². The van der Waals surface area contributed by atoms with E-state index in [4.69, 9.17) is 0 Å². The van der Waals surface area contributed by atoms with Crippen molar-refractivity contribution in [1.82, 2.24) is 5.32 Å². The molecule has 0 saturated heterocycles. The molecule has 1 unspecified atom stereocenters. The molecule has 5 heteroatoms. The molecular weight excluding hydrogens is 368 g/mol. The predicted octanol–water partition coefficient (Wildman–Crippen LogP) is 3.94. The van der Waals surface area contributed by atoms with Gasteiger partial charge in [0.15, 0.2) is 0 Å². The summed E-state index contributed by atoms with van der Waals surface area (Å²) in [5, 5.41) is 5.49. The second-order valence-corrected chi connectivity index (χ2v) is 6.82. The maximum Gasteiger partial charge on any atom is 0.243 e. The molecule has 0 heterocycles. The first-order valence-electron chi connectivity index (χ1n) is 7.85. The molecule has 0 aliphatic rings. The maximum atomic E-state index is 12.5. The molecule has 2 rings (SSSR count). The first-order valence-corrected chi connectivity index (χ1v) is 8.64. The molecule has 0 aliphatic heterocycles. The number of rotatable bonds is 6. The number of carbonyl (C=O) groups excluding carboxylic acids is 2. The van der Waals surface area contributed by atoms with E-state index in [1.165, 1.54) is 0 Å². The van der Waals surface area contributed by atoms with Crippen LogP contribution in [0.2, 0.25) is 0 Å². The van der Waals surface area contributed by atoms with Crippen molar-refractivity contribution in [3.8, 4) is 0 Å². The van der Waals surface area contributed by atoms with Crippen LogP contribution >= 0.6 is 15.9 Å². The van der Waals surface area contributed by atoms with Crippen molar-refractivity contribution in [2.45, 2.75) is 19.8 Å². The molecule has 0 bridgehead atoms. The van der Waals surface area contributed by atoms with E-state index in [1.807, 2.05) is 56.3 Å². The van der Waals surface area contributed by atoms with Gasteiger partial charge in [0, 0.05) is 10.2 Å². The molecule has 0 aromatic heterocycles. The van der Waals surface area contributed by atoms with Gasteiger partial charge in [-0.2, -0.15) is 0 Å². The van der Waals surface area contributed by atoms with Crippen LogP contribution in [-0.2, 0) is 9.59 Å². The summed E-state index contributed by atoms with van der Waals surface area (Å²) in [5.41, 5.74) is 1.65. The fourth-order valence-corrected chi connectivity index (χ4v) is 2.78. The molecular formula is C19H21BrN2O2. The van der Waals surface area contributed by atoms with Gasteiger partial charge in [0.25, 0.3) is 0 Å². The van der Waals surface area contributed by atoms with Gasteiger partial charge in [-0.05, 0) is 35.7 Å². The fourth-order valence-electron chi connectivity index (χ4n) is 2.51. The second kappa shape index (κ2) is 8.64. The van der Waals surface area contributed by atoms with E-state index < -0.39 is 0 Å². The normalized spacial score (nSPS) is 11.8. The highest BCUT2D eigenvalue weighted by molar-refractivity contribution is 9.10. The van der Waals surface area contributed by atoms with Crippen molar-refractivity contribution < 1.29 is 9.59 Å². The highest BCUT2D eigenvalue weighted by Crippen LogP contribution is 2.26. The molecule has 0 saturated carbocycles. The van der Waals surface area contributed by atoms with E-state index in [9.17, 15) is 9.59 Å². The molecule has 0 spiro atoms. The number of anilines is 1. The summed E-state index contributed by atoms with van der Waals surface area (Å²) < 4.78 is 0.969. The second-order valence-electron chi connectivity index (χ2n) is 5.91. The zero-order valence-electron chi connectivity index (χ0n) is 13.8. The van der Waals surface area contributed by atoms with E-state index in [2.05, 4.69) is 26.6 Å². The van der Waals surface area contributed by atoms with E-state index in [0.29, 0.717) is 5.69 Å². The van der Waals surface area contributed by atoms with Gasteiger partial charge in [0.05, 0.1) is 12.5 Å². The van der Waals surface area contributed by atoms with Crippen LogP contribution in [0.5, 0.6) is 0 Å². The van der Waals surface area contributed by atoms with E-state index in [1.54, 1.807) is 12.1 Å². The summed E-state index contributed by atoms with van der Waals surface area (Å²) in [5.74, 6) is -0.547. The molecule has 1 atom stereocenters. The quantitative estimate of drug-likeness (QED) is 0.786. The smallest absolute Gasteiger partial charge is 0.243 e. The lowest BCUT2D eigenvalue weighted by atomic mass is 9.87. The highest BCUT2D eigenvalue weighted by Gasteiger charge is 2.24. The molecule has 0 aliphatic carbocycles. The third kappa shape index (κ3) is 5.20. The summed E-state index contributed by atoms with van der Waals surface area (Å²) in [6.45, 7) is 3.94. The zero-order valence-corrected chi connectivity index (χ0v) is 15.3. The third-order valence-electron chi connectivity index (χ3n) is 3.66. The Morgan fingerprint density at radius 1 is 1.00 bits per heavy atom. The van der Waals surface area contributed by atoms with Crippen molar-refractivity contribution >= 4 is 33.4 Å². The molecule has 2 aromatic rings. The number of amides is 2. The molecule has 0 radical (unpaired) electrons. The van der Waals surface area contributed by atoms with Crippen LogP contribution in [-0.4, -0.2) is 18.4 Å². The van der Waals surface area contributed by atoms with Gasteiger partial charge >= 0.3 is 0 Å². The molecule has 0 fully saturated rings. The zero-order chi connectivity index (χ0) is 17.5. The molecule has 2 aromatic carbocycles. The Morgan fingerprint density at radius 2 is 1.62 bits per heavy atom. The molecule has 2 N–H and O–H groups in total. The Morgan fingerprint density at radius 3 is 2.21 bits per heavy atom. The molecule has 4 nitrogen and oxygen atoms in total. The Bertz CT molecular complexity index is 684. The number of halogens is 1. The Hall–Kier alpha value is -2.14. The Labute approximate surface area is 150 Å². The number of carbonyl (C=O) groups is 2. The van der Waals surface area contributed by atoms with Crippen molar-refractivity contribution in [2.24, 2.45) is 5.92 Å². The summed E-state index contributed by atoms with van der Waals surface area (Å²) in [4.78, 5) is 24.5. The minimum atomic E-state index is -0.289. The van der Waals surface area contributed by atoms with Crippen LogP contribution < -0.4 is 10.6 Å². The van der Waals surface area contributed by atoms with Crippen molar-refractivity contribution in [3.05, 3.63) is 64.6 Å². The van der Waals surface area contributed by atoms with Gasteiger partial charge in [0.2, 0.25) is 11.8 Å². The van der Waals surface area contributed by atoms with Gasteiger partial charge in [-0.3, -0.25) is 9.59 Å². The number of hydrogen-bond donors (Lipinski definition) is 2. The topological polar surface area (TPSA) is 58.2 Å². The van der Waals surface area contributed by atoms with Gasteiger partial charge in [-0.15, -0.1) is 0 Å². The van der Waals surface area contributed by atoms with E-state index >= 15 is 0 Å². The number of hydrogen-bond acceptors (Lipinski definition) is 2. The lowest BCUT2D eigenvalue weighted by Gasteiger charge is -2.20. The lowest BCUT2D eigenvalue weighted by Crippen LogP contribution is -2.37. The van der Waals surface area contributed by atoms with E-state index in [-0.39, 0.29) is 30.2 Å². The summed E-state index contributed by atoms with van der Waals surface area (Å²) in [6, 6.07) is 16.9. The van der Waals surface area contributed by atoms with Crippen LogP contribution in [0.1, 0.15) is 25.3 Å². The van der Waals surface area contributed by atoms with Crippen molar-refractivity contribution in [3.63, 3.8) is 0 Å². The number of benzene rings is 2. The summed E-state index contributed by atoms with van der Waals surface area (Å²) in [6.07, 6.45) is 0. The molecule has 2 amide bonds. The van der Waals surface area contributed by atoms with E-state index in [0.717, 1.165) is 10.0 Å². The minimum Gasteiger partial charge on any atom is -0.346 e. The van der Waals surface area contributed by atoms with Crippen LogP contribution in [0.4, 0.5) is 5.69 Å². The van der Waals surface area contributed by atoms with Gasteiger partial charge in [-0.1, -0.05) is 60.1 Å². The van der Waals surface area contributed by atoms with Crippen molar-refractivity contribution in [2.75, 3.05) is 11.9 Å². The molecule has 24 heavy (non-hydrogen) atoms. The first kappa shape index (κ1) is 18.2. The predicted molar refractivity (Wildman–Crippen MR) is 99.8 cm³/mol. The first-order chi connectivity index (χ1) is 11.5. The average Bonchev–Trinajstić information content (AvgIpc) is 2.55. The minimum absolute atomic E-state index is 0.0481. The number of para-hydroxylation sites is 1. The third-order valence-corrected chi connectivity index (χ3v) is 4.19. The van der Waals surface area contributed by atoms with Crippen LogP contribution in [0.25, 0.3) is 0 Å². The Balaban J connectivity index is 1.96. The van der Waals surface area contributed by atoms with Gasteiger partial charge in [-0.25, -0.2) is 0 Å². The maximum absolute atomic E-state index is 12.5. The monoisotopic (exact) mass is 388 g/mol. The number of nitrogens with one attached hydrogen (secondary N) is 2. The highest BCUT2D eigenvalue weighted by atomic mass is 79.9. The fraction of sp³-hybridized carbons (Fsp3) is 0.263. The molecule has 126 valence electrons. The van der Waals surface area contributed by atoms with Crippen LogP contribution in [0.15, 0.2) is 59.1 Å².